The molecule has 2 aromatic heterocycles. The molecular formula is C13H15N3OS2. The van der Waals surface area contributed by atoms with Crippen LogP contribution in [0.5, 0.6) is 0 Å². The van der Waals surface area contributed by atoms with Crippen LogP contribution in [0.2, 0.25) is 0 Å². The maximum absolute atomic E-state index is 11.1. The molecule has 19 heavy (non-hydrogen) atoms. The minimum Gasteiger partial charge on any atom is -0.303 e. The highest BCUT2D eigenvalue weighted by Gasteiger charge is 2.29. The van der Waals surface area contributed by atoms with Crippen LogP contribution in [0.4, 0.5) is 0 Å². The van der Waals surface area contributed by atoms with E-state index in [9.17, 15) is 4.79 Å². The topological polar surface area (TPSA) is 47.8 Å². The van der Waals surface area contributed by atoms with Gasteiger partial charge in [0.25, 0.3) is 0 Å². The minimum absolute atomic E-state index is 0.176. The highest BCUT2D eigenvalue weighted by atomic mass is 32.2. The van der Waals surface area contributed by atoms with Crippen LogP contribution in [0.15, 0.2) is 22.7 Å². The van der Waals surface area contributed by atoms with Crippen LogP contribution in [0.3, 0.4) is 0 Å². The third-order valence-corrected chi connectivity index (χ3v) is 4.93. The predicted molar refractivity (Wildman–Crippen MR) is 76.8 cm³/mol. The summed E-state index contributed by atoms with van der Waals surface area (Å²) in [5.41, 5.74) is 0. The molecule has 0 aromatic carbocycles. The Kier molecular flexibility index (Phi) is 3.70. The predicted octanol–water partition coefficient (Wildman–Crippen LogP) is 2.95. The lowest BCUT2D eigenvalue weighted by molar-refractivity contribution is -0.114. The lowest BCUT2D eigenvalue weighted by atomic mass is 10.3. The average Bonchev–Trinajstić information content (AvgIpc) is 2.94. The van der Waals surface area contributed by atoms with E-state index in [1.165, 1.54) is 29.5 Å². The number of carbonyl (C=O) groups is 1. The number of aromatic nitrogens is 3. The normalized spacial score (nSPS) is 14.8. The Morgan fingerprint density at radius 3 is 3.00 bits per heavy atom. The van der Waals surface area contributed by atoms with Crippen molar-refractivity contribution < 1.29 is 4.79 Å². The van der Waals surface area contributed by atoms with Crippen LogP contribution >= 0.6 is 23.1 Å². The Balaban J connectivity index is 1.81. The van der Waals surface area contributed by atoms with Crippen molar-refractivity contribution in [2.45, 2.75) is 37.4 Å². The molecule has 1 fully saturated rings. The Morgan fingerprint density at radius 2 is 2.37 bits per heavy atom. The van der Waals surface area contributed by atoms with Gasteiger partial charge in [0.2, 0.25) is 0 Å². The van der Waals surface area contributed by atoms with Gasteiger partial charge in [0.1, 0.15) is 11.6 Å². The highest BCUT2D eigenvalue weighted by molar-refractivity contribution is 7.99. The summed E-state index contributed by atoms with van der Waals surface area (Å²) in [7, 11) is 0. The third kappa shape index (κ3) is 3.06. The average molecular weight is 293 g/mol. The van der Waals surface area contributed by atoms with Gasteiger partial charge in [0.05, 0.1) is 5.75 Å². The molecule has 1 aliphatic rings. The van der Waals surface area contributed by atoms with E-state index in [1.54, 1.807) is 18.3 Å². The van der Waals surface area contributed by atoms with Gasteiger partial charge in [-0.25, -0.2) is 0 Å². The van der Waals surface area contributed by atoms with E-state index >= 15 is 0 Å². The van der Waals surface area contributed by atoms with Crippen LogP contribution in [-0.4, -0.2) is 26.3 Å². The summed E-state index contributed by atoms with van der Waals surface area (Å²) >= 11 is 3.24. The third-order valence-electron chi connectivity index (χ3n) is 2.96. The number of thioether (sulfide) groups is 1. The Labute approximate surface area is 120 Å². The number of hydrogen-bond acceptors (Lipinski definition) is 5. The summed E-state index contributed by atoms with van der Waals surface area (Å²) in [4.78, 5) is 12.4. The molecule has 0 amide bonds. The van der Waals surface area contributed by atoms with Crippen molar-refractivity contribution >= 4 is 28.9 Å². The van der Waals surface area contributed by atoms with Gasteiger partial charge in [-0.15, -0.1) is 21.5 Å². The van der Waals surface area contributed by atoms with Crippen molar-refractivity contribution in [3.8, 4) is 0 Å². The first kappa shape index (κ1) is 12.9. The number of Topliss-reactive ketones (excluding diaryl/α,β-unsaturated/α-hetero) is 1. The molecule has 0 aliphatic heterocycles. The zero-order chi connectivity index (χ0) is 13.2. The van der Waals surface area contributed by atoms with Gasteiger partial charge >= 0.3 is 0 Å². The Hall–Kier alpha value is -1.14. The fraction of sp³-hybridized carbons (Fsp3) is 0.462. The lowest BCUT2D eigenvalue weighted by Gasteiger charge is -2.07. The second-order valence-corrected chi connectivity index (χ2v) is 6.72. The molecule has 4 nitrogen and oxygen atoms in total. The van der Waals surface area contributed by atoms with Crippen molar-refractivity contribution in [2.24, 2.45) is 0 Å². The Morgan fingerprint density at radius 1 is 1.53 bits per heavy atom. The molecule has 1 saturated carbocycles. The smallest absolute Gasteiger partial charge is 0.191 e. The van der Waals surface area contributed by atoms with Crippen LogP contribution in [0, 0.1) is 0 Å². The lowest BCUT2D eigenvalue weighted by Crippen LogP contribution is -2.04. The summed E-state index contributed by atoms with van der Waals surface area (Å²) in [5.74, 6) is 1.68. The van der Waals surface area contributed by atoms with E-state index in [4.69, 9.17) is 0 Å². The maximum Gasteiger partial charge on any atom is 0.191 e. The van der Waals surface area contributed by atoms with Crippen LogP contribution in [-0.2, 0) is 11.2 Å². The first-order chi connectivity index (χ1) is 9.24. The van der Waals surface area contributed by atoms with Gasteiger partial charge in [-0.2, -0.15) is 0 Å². The standard InChI is InChI=1S/C13H15N3OS2/c1-9(17)8-19-13-15-14-12(16(13)10-4-5-10)7-11-3-2-6-18-11/h2-3,6,10H,4-5,7-8H2,1H3. The van der Waals surface area contributed by atoms with Gasteiger partial charge < -0.3 is 4.57 Å². The second kappa shape index (κ2) is 5.46. The molecule has 0 bridgehead atoms. The van der Waals surface area contributed by atoms with Gasteiger partial charge in [-0.1, -0.05) is 17.8 Å². The second-order valence-electron chi connectivity index (χ2n) is 4.75. The van der Waals surface area contributed by atoms with Gasteiger partial charge in [-0.3, -0.25) is 4.79 Å². The van der Waals surface area contributed by atoms with E-state index in [-0.39, 0.29) is 5.78 Å². The van der Waals surface area contributed by atoms with E-state index in [0.29, 0.717) is 11.8 Å². The molecular weight excluding hydrogens is 278 g/mol. The van der Waals surface area contributed by atoms with Crippen LogP contribution < -0.4 is 0 Å². The molecule has 0 atom stereocenters. The first-order valence-electron chi connectivity index (χ1n) is 6.32. The van der Waals surface area contributed by atoms with Crippen molar-refractivity contribution in [3.05, 3.63) is 28.2 Å². The van der Waals surface area contributed by atoms with E-state index in [2.05, 4.69) is 32.3 Å². The van der Waals surface area contributed by atoms with E-state index in [0.717, 1.165) is 17.4 Å². The van der Waals surface area contributed by atoms with Gasteiger partial charge in [-0.05, 0) is 31.2 Å². The summed E-state index contributed by atoms with van der Waals surface area (Å²) in [5, 5.41) is 11.6. The summed E-state index contributed by atoms with van der Waals surface area (Å²) < 4.78 is 2.23. The Bertz CT molecular complexity index is 573. The van der Waals surface area contributed by atoms with Gasteiger partial charge in [0, 0.05) is 17.3 Å². The number of hydrogen-bond donors (Lipinski definition) is 0. The van der Waals surface area contributed by atoms with Crippen molar-refractivity contribution in [1.82, 2.24) is 14.8 Å². The van der Waals surface area contributed by atoms with E-state index < -0.39 is 0 Å². The van der Waals surface area contributed by atoms with Crippen LogP contribution in [0.25, 0.3) is 0 Å². The zero-order valence-corrected chi connectivity index (χ0v) is 12.3. The minimum atomic E-state index is 0.176. The summed E-state index contributed by atoms with van der Waals surface area (Å²) in [6.07, 6.45) is 3.23. The zero-order valence-electron chi connectivity index (χ0n) is 10.7. The highest BCUT2D eigenvalue weighted by Crippen LogP contribution is 2.39. The summed E-state index contributed by atoms with van der Waals surface area (Å²) in [6.45, 7) is 1.61. The molecule has 2 heterocycles. The van der Waals surface area contributed by atoms with Gasteiger partial charge in [0.15, 0.2) is 5.16 Å². The monoisotopic (exact) mass is 293 g/mol. The molecule has 0 unspecified atom stereocenters. The molecule has 2 aromatic rings. The molecule has 0 spiro atoms. The van der Waals surface area contributed by atoms with Crippen LogP contribution in [0.1, 0.15) is 36.5 Å². The number of carbonyl (C=O) groups excluding carboxylic acids is 1. The quantitative estimate of drug-likeness (QED) is 0.768. The first-order valence-corrected chi connectivity index (χ1v) is 8.19. The number of ketones is 1. The molecule has 0 N–H and O–H groups in total. The SMILES string of the molecule is CC(=O)CSc1nnc(Cc2cccs2)n1C1CC1. The molecule has 100 valence electrons. The molecule has 1 aliphatic carbocycles. The largest absolute Gasteiger partial charge is 0.303 e. The summed E-state index contributed by atoms with van der Waals surface area (Å²) in [6, 6.07) is 4.72. The molecule has 0 saturated heterocycles. The number of thiophene rings is 1. The number of nitrogens with zero attached hydrogens (tertiary/aromatic N) is 3. The molecule has 3 rings (SSSR count). The molecule has 0 radical (unpaired) electrons. The fourth-order valence-electron chi connectivity index (χ4n) is 1.96. The fourth-order valence-corrected chi connectivity index (χ4v) is 3.49. The molecule has 6 heteroatoms. The maximum atomic E-state index is 11.1. The van der Waals surface area contributed by atoms with Crippen molar-refractivity contribution in [3.63, 3.8) is 0 Å². The van der Waals surface area contributed by atoms with E-state index in [1.807, 2.05) is 0 Å². The van der Waals surface area contributed by atoms with Crippen molar-refractivity contribution in [2.75, 3.05) is 5.75 Å². The number of rotatable bonds is 6. The van der Waals surface area contributed by atoms with Crippen molar-refractivity contribution in [1.29, 1.82) is 0 Å².